The van der Waals surface area contributed by atoms with Crippen LogP contribution in [0.25, 0.3) is 70.0 Å². The number of nitrogens with one attached hydrogen (secondary N) is 1. The van der Waals surface area contributed by atoms with Gasteiger partial charge in [0.05, 0.1) is 5.52 Å². The number of aromatic amines is 1. The van der Waals surface area contributed by atoms with Crippen molar-refractivity contribution in [1.29, 1.82) is 0 Å². The van der Waals surface area contributed by atoms with E-state index in [-0.39, 0.29) is 5.41 Å². The van der Waals surface area contributed by atoms with Gasteiger partial charge in [-0.2, -0.15) is 0 Å². The predicted octanol–water partition coefficient (Wildman–Crippen LogP) is 8.46. The van der Waals surface area contributed by atoms with Crippen molar-refractivity contribution in [2.45, 2.75) is 26.2 Å². The summed E-state index contributed by atoms with van der Waals surface area (Å²) in [6, 6.07) is 36.4. The van der Waals surface area contributed by atoms with Gasteiger partial charge in [0.25, 0.3) is 0 Å². The molecule has 0 saturated heterocycles. The molecule has 42 heavy (non-hydrogen) atoms. The van der Waals surface area contributed by atoms with E-state index in [1.807, 2.05) is 11.3 Å². The first-order chi connectivity index (χ1) is 20.5. The van der Waals surface area contributed by atoms with E-state index in [9.17, 15) is 0 Å². The summed E-state index contributed by atoms with van der Waals surface area (Å²) in [6.45, 7) is 6.96. The summed E-state index contributed by atoms with van der Waals surface area (Å²) in [5.41, 5.74) is 16.1. The van der Waals surface area contributed by atoms with Crippen molar-refractivity contribution >= 4 is 71.7 Å². The third kappa shape index (κ3) is 2.68. The van der Waals surface area contributed by atoms with Gasteiger partial charge in [0.1, 0.15) is 4.83 Å². The monoisotopic (exact) mass is 554 g/mol. The molecule has 0 atom stereocenters. The van der Waals surface area contributed by atoms with Crippen molar-refractivity contribution in [3.8, 4) is 27.9 Å². The fourth-order valence-corrected chi connectivity index (χ4v) is 9.40. The molecule has 2 aliphatic rings. The molecule has 5 aromatic carbocycles. The molecule has 0 spiro atoms. The summed E-state index contributed by atoms with van der Waals surface area (Å²) in [4.78, 5) is 5.34. The van der Waals surface area contributed by atoms with Crippen molar-refractivity contribution in [2.24, 2.45) is 0 Å². The number of fused-ring (bicyclic) bond motifs is 12. The second-order valence-corrected chi connectivity index (χ2v) is 13.7. The number of thiophene rings is 1. The van der Waals surface area contributed by atoms with Gasteiger partial charge in [-0.1, -0.05) is 104 Å². The van der Waals surface area contributed by atoms with Crippen LogP contribution in [0.1, 0.15) is 30.7 Å². The van der Waals surface area contributed by atoms with Crippen LogP contribution < -0.4 is 10.9 Å². The molecule has 2 nitrogen and oxygen atoms in total. The van der Waals surface area contributed by atoms with Gasteiger partial charge < -0.3 is 9.55 Å². The molecule has 0 fully saturated rings. The number of hydrogen-bond donors (Lipinski definition) is 1. The first-order valence-corrected chi connectivity index (χ1v) is 15.7. The second kappa shape index (κ2) is 7.64. The minimum Gasteiger partial charge on any atom is -0.357 e. The quantitative estimate of drug-likeness (QED) is 0.197. The fourth-order valence-electron chi connectivity index (χ4n) is 8.17. The Morgan fingerprint density at radius 1 is 0.762 bits per heavy atom. The Kier molecular flexibility index (Phi) is 4.20. The zero-order valence-electron chi connectivity index (χ0n) is 23.8. The predicted molar refractivity (Wildman–Crippen MR) is 182 cm³/mol. The average molecular weight is 555 g/mol. The number of H-pyrrole nitrogens is 1. The summed E-state index contributed by atoms with van der Waals surface area (Å²) in [7, 11) is 0.933. The number of aromatic nitrogens is 2. The van der Waals surface area contributed by atoms with Gasteiger partial charge in [0, 0.05) is 59.7 Å². The molecule has 0 amide bonds. The molecule has 0 saturated carbocycles. The van der Waals surface area contributed by atoms with Crippen molar-refractivity contribution < 1.29 is 0 Å². The zero-order chi connectivity index (χ0) is 27.9. The number of nitrogens with zero attached hydrogens (tertiary/aromatic N) is 1. The third-order valence-electron chi connectivity index (χ3n) is 9.99. The van der Waals surface area contributed by atoms with Gasteiger partial charge in [-0.3, -0.25) is 0 Å². The third-order valence-corrected chi connectivity index (χ3v) is 11.1. The van der Waals surface area contributed by atoms with Gasteiger partial charge in [-0.15, -0.1) is 11.3 Å². The first-order valence-electron chi connectivity index (χ1n) is 14.8. The average Bonchev–Trinajstić information content (AvgIpc) is 3.72. The highest BCUT2D eigenvalue weighted by Crippen LogP contribution is 2.52. The Morgan fingerprint density at radius 3 is 2.45 bits per heavy atom. The molecule has 0 unspecified atom stereocenters. The van der Waals surface area contributed by atoms with E-state index in [4.69, 9.17) is 0 Å². The van der Waals surface area contributed by atoms with Gasteiger partial charge in [-0.05, 0) is 46.8 Å². The van der Waals surface area contributed by atoms with Crippen molar-refractivity contribution in [3.63, 3.8) is 0 Å². The largest absolute Gasteiger partial charge is 0.357 e. The van der Waals surface area contributed by atoms with Crippen molar-refractivity contribution in [1.82, 2.24) is 9.55 Å². The van der Waals surface area contributed by atoms with Gasteiger partial charge >= 0.3 is 0 Å². The molecule has 10 rings (SSSR count). The minimum atomic E-state index is -0.0588. The maximum Gasteiger partial charge on any atom is 0.198 e. The van der Waals surface area contributed by atoms with Crippen LogP contribution in [0.4, 0.5) is 0 Å². The molecule has 198 valence electrons. The number of para-hydroxylation sites is 2. The van der Waals surface area contributed by atoms with Crippen LogP contribution in [0.2, 0.25) is 0 Å². The Morgan fingerprint density at radius 2 is 1.52 bits per heavy atom. The van der Waals surface area contributed by atoms with Gasteiger partial charge in [0.15, 0.2) is 7.28 Å². The number of benzene rings is 5. The van der Waals surface area contributed by atoms with E-state index < -0.39 is 0 Å². The van der Waals surface area contributed by atoms with Crippen LogP contribution in [0.15, 0.2) is 97.1 Å². The van der Waals surface area contributed by atoms with Gasteiger partial charge in [0.2, 0.25) is 0 Å². The van der Waals surface area contributed by atoms with Crippen LogP contribution in [0.5, 0.6) is 0 Å². The topological polar surface area (TPSA) is 20.7 Å². The normalized spacial score (nSPS) is 14.5. The zero-order valence-corrected chi connectivity index (χ0v) is 24.6. The first kappa shape index (κ1) is 23.1. The molecule has 1 N–H and O–H groups in total. The summed E-state index contributed by atoms with van der Waals surface area (Å²) in [6.07, 6.45) is 0. The fraction of sp³-hybridized carbons (Fsp3) is 0.105. The van der Waals surface area contributed by atoms with Crippen LogP contribution in [-0.4, -0.2) is 16.8 Å². The molecular formula is C38H27BN2S. The Balaban J connectivity index is 1.29. The lowest BCUT2D eigenvalue weighted by atomic mass is 9.59. The Labute approximate surface area is 248 Å². The molecule has 8 aromatic rings. The maximum absolute atomic E-state index is 3.98. The lowest BCUT2D eigenvalue weighted by Gasteiger charge is -2.24. The molecule has 1 aliphatic carbocycles. The van der Waals surface area contributed by atoms with E-state index in [1.54, 1.807) is 0 Å². The molecule has 3 aromatic heterocycles. The van der Waals surface area contributed by atoms with E-state index in [2.05, 4.69) is 127 Å². The van der Waals surface area contributed by atoms with Crippen molar-refractivity contribution in [2.75, 3.05) is 0 Å². The Hall–Kier alpha value is -4.54. The molecular weight excluding hydrogens is 527 g/mol. The van der Waals surface area contributed by atoms with E-state index in [0.717, 1.165) is 7.28 Å². The second-order valence-electron chi connectivity index (χ2n) is 12.7. The van der Waals surface area contributed by atoms with Gasteiger partial charge in [-0.25, -0.2) is 0 Å². The van der Waals surface area contributed by atoms with Crippen LogP contribution in [-0.2, 0) is 5.41 Å². The standard InChI is InChI=1S/C38H27BN2S/c1-20-18-26(21-12-8-13-24-31-22-10-4-6-15-27(22)38(2,3)36(31)40-34(21)24)33-29(19-20)41-35-25(14-9-16-28(35)39-33)32-23-11-5-7-17-30(23)42-37(32)41/h4-19,39-40H,1-3H3. The molecule has 1 aliphatic heterocycles. The minimum absolute atomic E-state index is 0.0588. The number of aryl methyl sites for hydroxylation is 1. The van der Waals surface area contributed by atoms with E-state index in [1.165, 1.54) is 97.8 Å². The maximum atomic E-state index is 3.98. The van der Waals surface area contributed by atoms with Crippen LogP contribution in [0, 0.1) is 6.92 Å². The molecule has 0 radical (unpaired) electrons. The van der Waals surface area contributed by atoms with Crippen molar-refractivity contribution in [3.05, 3.63) is 114 Å². The van der Waals surface area contributed by atoms with Crippen LogP contribution in [0.3, 0.4) is 0 Å². The SMILES string of the molecule is Cc1cc(-c2cccc3c4c([nH]c23)C(C)(C)c2ccccc2-4)c2c(c1)-n1c3sc4ccccc4c3c3cccc(c31)B2. The van der Waals surface area contributed by atoms with E-state index in [0.29, 0.717) is 0 Å². The molecule has 4 heteroatoms. The smallest absolute Gasteiger partial charge is 0.198 e. The highest BCUT2D eigenvalue weighted by Gasteiger charge is 2.38. The van der Waals surface area contributed by atoms with Crippen LogP contribution >= 0.6 is 11.3 Å². The van der Waals surface area contributed by atoms with E-state index >= 15 is 0 Å². The summed E-state index contributed by atoms with van der Waals surface area (Å²) >= 11 is 1.92. The highest BCUT2D eigenvalue weighted by molar-refractivity contribution is 7.25. The Bertz CT molecular complexity index is 2490. The summed E-state index contributed by atoms with van der Waals surface area (Å²) < 4.78 is 3.93. The summed E-state index contributed by atoms with van der Waals surface area (Å²) in [5, 5.41) is 5.45. The highest BCUT2D eigenvalue weighted by atomic mass is 32.1. The number of hydrogen-bond acceptors (Lipinski definition) is 1. The number of rotatable bonds is 1. The lowest BCUT2D eigenvalue weighted by molar-refractivity contribution is 0.642. The summed E-state index contributed by atoms with van der Waals surface area (Å²) in [5.74, 6) is 0. The lowest BCUT2D eigenvalue weighted by Crippen LogP contribution is -2.37. The molecule has 4 heterocycles. The molecule has 0 bridgehead atoms.